The smallest absolute Gasteiger partial charge is 0.332 e. The Morgan fingerprint density at radius 1 is 1.45 bits per heavy atom. The number of carbonyl (C=O) groups is 2. The molecule has 1 saturated heterocycles. The van der Waals surface area contributed by atoms with Gasteiger partial charge in [-0.15, -0.1) is 0 Å². The van der Waals surface area contributed by atoms with Crippen LogP contribution >= 0.6 is 15.9 Å². The quantitative estimate of drug-likeness (QED) is 0.879. The molecular weight excluding hydrogens is 326 g/mol. The maximum atomic E-state index is 12.1. The van der Waals surface area contributed by atoms with Crippen LogP contribution in [-0.4, -0.2) is 35.7 Å². The van der Waals surface area contributed by atoms with Gasteiger partial charge in [0.05, 0.1) is 6.10 Å². The van der Waals surface area contributed by atoms with Gasteiger partial charge in [0, 0.05) is 16.6 Å². The number of carboxylic acids is 1. The molecule has 0 spiro atoms. The van der Waals surface area contributed by atoms with Gasteiger partial charge >= 0.3 is 5.97 Å². The van der Waals surface area contributed by atoms with E-state index in [0.717, 1.165) is 10.0 Å². The molecular formula is C14H16BrNO4. The number of halogens is 1. The summed E-state index contributed by atoms with van der Waals surface area (Å²) in [5, 5.41) is 11.6. The first kappa shape index (κ1) is 15.0. The Morgan fingerprint density at radius 2 is 2.20 bits per heavy atom. The molecule has 0 aliphatic carbocycles. The zero-order valence-corrected chi connectivity index (χ0v) is 12.6. The van der Waals surface area contributed by atoms with E-state index in [1.54, 1.807) is 6.07 Å². The highest BCUT2D eigenvalue weighted by molar-refractivity contribution is 9.10. The van der Waals surface area contributed by atoms with Gasteiger partial charge in [0.25, 0.3) is 5.91 Å². The zero-order chi connectivity index (χ0) is 14.7. The molecule has 2 atom stereocenters. The summed E-state index contributed by atoms with van der Waals surface area (Å²) in [6, 6.07) is 5.44. The molecule has 2 N–H and O–H groups in total. The molecule has 108 valence electrons. The van der Waals surface area contributed by atoms with Crippen LogP contribution in [0.2, 0.25) is 0 Å². The van der Waals surface area contributed by atoms with Crippen molar-refractivity contribution in [2.24, 2.45) is 0 Å². The van der Waals surface area contributed by atoms with Gasteiger partial charge in [-0.05, 0) is 43.5 Å². The fourth-order valence-corrected chi connectivity index (χ4v) is 2.70. The zero-order valence-electron chi connectivity index (χ0n) is 11.1. The van der Waals surface area contributed by atoms with E-state index in [-0.39, 0.29) is 12.0 Å². The van der Waals surface area contributed by atoms with Gasteiger partial charge in [0.1, 0.15) is 0 Å². The van der Waals surface area contributed by atoms with E-state index in [2.05, 4.69) is 21.2 Å². The van der Waals surface area contributed by atoms with Crippen LogP contribution < -0.4 is 5.32 Å². The predicted octanol–water partition coefficient (Wildman–Crippen LogP) is 2.12. The third-order valence-corrected chi connectivity index (χ3v) is 3.80. The van der Waals surface area contributed by atoms with E-state index in [9.17, 15) is 9.59 Å². The Labute approximate surface area is 125 Å². The number of nitrogens with one attached hydrogen (secondary N) is 1. The number of aliphatic carboxylic acids is 1. The highest BCUT2D eigenvalue weighted by Gasteiger charge is 2.30. The van der Waals surface area contributed by atoms with Crippen molar-refractivity contribution < 1.29 is 19.4 Å². The SMILES string of the molecule is Cc1cc(Br)ccc1C(=O)NCC1CCC(C(=O)O)O1. The topological polar surface area (TPSA) is 75.6 Å². The number of carboxylic acid groups (broad SMARTS) is 1. The number of rotatable bonds is 4. The van der Waals surface area contributed by atoms with Gasteiger partial charge in [-0.1, -0.05) is 15.9 Å². The molecule has 1 aliphatic rings. The first-order chi connectivity index (χ1) is 9.47. The fourth-order valence-electron chi connectivity index (χ4n) is 2.22. The average molecular weight is 342 g/mol. The Hall–Kier alpha value is -1.40. The number of benzene rings is 1. The molecule has 2 rings (SSSR count). The lowest BCUT2D eigenvalue weighted by Gasteiger charge is -2.13. The normalized spacial score (nSPS) is 21.7. The second-order valence-corrected chi connectivity index (χ2v) is 5.75. The Kier molecular flexibility index (Phi) is 4.77. The Bertz CT molecular complexity index is 532. The molecule has 0 saturated carbocycles. The predicted molar refractivity (Wildman–Crippen MR) is 76.7 cm³/mol. The summed E-state index contributed by atoms with van der Waals surface area (Å²) in [6.07, 6.45) is 0.172. The maximum Gasteiger partial charge on any atom is 0.332 e. The molecule has 0 bridgehead atoms. The third kappa shape index (κ3) is 3.58. The summed E-state index contributed by atoms with van der Waals surface area (Å²) in [6.45, 7) is 2.20. The Morgan fingerprint density at radius 3 is 2.80 bits per heavy atom. The van der Waals surface area contributed by atoms with E-state index in [0.29, 0.717) is 24.9 Å². The van der Waals surface area contributed by atoms with Gasteiger partial charge in [-0.2, -0.15) is 0 Å². The molecule has 5 nitrogen and oxygen atoms in total. The van der Waals surface area contributed by atoms with Crippen molar-refractivity contribution in [1.82, 2.24) is 5.32 Å². The largest absolute Gasteiger partial charge is 0.479 e. The third-order valence-electron chi connectivity index (χ3n) is 3.31. The van der Waals surface area contributed by atoms with Crippen LogP contribution in [-0.2, 0) is 9.53 Å². The molecule has 20 heavy (non-hydrogen) atoms. The van der Waals surface area contributed by atoms with Crippen molar-refractivity contribution >= 4 is 27.8 Å². The molecule has 1 aliphatic heterocycles. The minimum atomic E-state index is -0.942. The molecule has 2 unspecified atom stereocenters. The van der Waals surface area contributed by atoms with Gasteiger partial charge in [0.2, 0.25) is 0 Å². The minimum absolute atomic E-state index is 0.169. The summed E-state index contributed by atoms with van der Waals surface area (Å²) in [7, 11) is 0. The van der Waals surface area contributed by atoms with E-state index in [4.69, 9.17) is 9.84 Å². The van der Waals surface area contributed by atoms with Crippen LogP contribution in [0.15, 0.2) is 22.7 Å². The number of hydrogen-bond acceptors (Lipinski definition) is 3. The first-order valence-electron chi connectivity index (χ1n) is 6.40. The number of carbonyl (C=O) groups excluding carboxylic acids is 1. The second-order valence-electron chi connectivity index (χ2n) is 4.83. The van der Waals surface area contributed by atoms with Crippen LogP contribution in [0.1, 0.15) is 28.8 Å². The summed E-state index contributed by atoms with van der Waals surface area (Å²) in [4.78, 5) is 22.8. The van der Waals surface area contributed by atoms with Crippen LogP contribution in [0, 0.1) is 6.92 Å². The molecule has 1 amide bonds. The molecule has 6 heteroatoms. The number of amides is 1. The lowest BCUT2D eigenvalue weighted by Crippen LogP contribution is -2.33. The van der Waals surface area contributed by atoms with Crippen LogP contribution in [0.4, 0.5) is 0 Å². The van der Waals surface area contributed by atoms with Crippen molar-refractivity contribution in [3.63, 3.8) is 0 Å². The van der Waals surface area contributed by atoms with Gasteiger partial charge in [-0.25, -0.2) is 4.79 Å². The van der Waals surface area contributed by atoms with E-state index in [1.165, 1.54) is 0 Å². The molecule has 1 fully saturated rings. The average Bonchev–Trinajstić information content (AvgIpc) is 2.85. The van der Waals surface area contributed by atoms with Gasteiger partial charge < -0.3 is 15.2 Å². The van der Waals surface area contributed by atoms with E-state index >= 15 is 0 Å². The molecule has 0 aromatic heterocycles. The summed E-state index contributed by atoms with van der Waals surface area (Å²) >= 11 is 3.35. The van der Waals surface area contributed by atoms with E-state index in [1.807, 2.05) is 19.1 Å². The Balaban J connectivity index is 1.88. The monoisotopic (exact) mass is 341 g/mol. The lowest BCUT2D eigenvalue weighted by molar-refractivity contribution is -0.149. The second kappa shape index (κ2) is 6.37. The van der Waals surface area contributed by atoms with Crippen LogP contribution in [0.25, 0.3) is 0 Å². The van der Waals surface area contributed by atoms with Crippen LogP contribution in [0.5, 0.6) is 0 Å². The summed E-state index contributed by atoms with van der Waals surface area (Å²) in [5.41, 5.74) is 1.49. The number of aryl methyl sites for hydroxylation is 1. The first-order valence-corrected chi connectivity index (χ1v) is 7.19. The highest BCUT2D eigenvalue weighted by atomic mass is 79.9. The number of ether oxygens (including phenoxy) is 1. The van der Waals surface area contributed by atoms with E-state index < -0.39 is 12.1 Å². The summed E-state index contributed by atoms with van der Waals surface area (Å²) < 4.78 is 6.26. The molecule has 1 heterocycles. The van der Waals surface area contributed by atoms with Gasteiger partial charge in [0.15, 0.2) is 6.10 Å². The van der Waals surface area contributed by atoms with Crippen molar-refractivity contribution in [3.8, 4) is 0 Å². The van der Waals surface area contributed by atoms with Crippen molar-refractivity contribution in [1.29, 1.82) is 0 Å². The van der Waals surface area contributed by atoms with Gasteiger partial charge in [-0.3, -0.25) is 4.79 Å². The minimum Gasteiger partial charge on any atom is -0.479 e. The number of hydrogen-bond donors (Lipinski definition) is 2. The van der Waals surface area contributed by atoms with Crippen molar-refractivity contribution in [2.75, 3.05) is 6.54 Å². The van der Waals surface area contributed by atoms with Crippen LogP contribution in [0.3, 0.4) is 0 Å². The standard InChI is InChI=1S/C14H16BrNO4/c1-8-6-9(15)2-4-11(8)13(17)16-7-10-3-5-12(20-10)14(18)19/h2,4,6,10,12H,3,5,7H2,1H3,(H,16,17)(H,18,19). The van der Waals surface area contributed by atoms with Crippen molar-refractivity contribution in [2.45, 2.75) is 32.0 Å². The maximum absolute atomic E-state index is 12.1. The fraction of sp³-hybridized carbons (Fsp3) is 0.429. The molecule has 1 aromatic rings. The summed E-state index contributed by atoms with van der Waals surface area (Å²) in [5.74, 6) is -1.11. The molecule has 0 radical (unpaired) electrons. The highest BCUT2D eigenvalue weighted by Crippen LogP contribution is 2.20. The lowest BCUT2D eigenvalue weighted by atomic mass is 10.1. The molecule has 1 aromatic carbocycles. The van der Waals surface area contributed by atoms with Crippen molar-refractivity contribution in [3.05, 3.63) is 33.8 Å².